The molecule has 0 bridgehead atoms. The Morgan fingerprint density at radius 3 is 1.52 bits per heavy atom. The lowest BCUT2D eigenvalue weighted by atomic mass is 9.98. The number of rotatable bonds is 12. The molecular formula is C24H35N. The molecule has 0 aromatic heterocycles. The van der Waals surface area contributed by atoms with Gasteiger partial charge < -0.3 is 4.90 Å². The lowest BCUT2D eigenvalue weighted by Gasteiger charge is -2.34. The second kappa shape index (κ2) is 11.7. The van der Waals surface area contributed by atoms with Gasteiger partial charge in [-0.25, -0.2) is 0 Å². The van der Waals surface area contributed by atoms with E-state index in [1.807, 2.05) is 0 Å². The third-order valence-electron chi connectivity index (χ3n) is 4.97. The molecule has 2 rings (SSSR count). The summed E-state index contributed by atoms with van der Waals surface area (Å²) in [5.74, 6) is 0. The zero-order valence-corrected chi connectivity index (χ0v) is 16.2. The van der Waals surface area contributed by atoms with Crippen LogP contribution in [0.4, 0.5) is 11.4 Å². The maximum atomic E-state index is 2.58. The Morgan fingerprint density at radius 2 is 1.04 bits per heavy atom. The van der Waals surface area contributed by atoms with Gasteiger partial charge in [-0.3, -0.25) is 0 Å². The molecule has 0 N–H and O–H groups in total. The van der Waals surface area contributed by atoms with Gasteiger partial charge in [0.05, 0.1) is 0 Å². The average Bonchev–Trinajstić information content (AvgIpc) is 2.67. The SMILES string of the molecule is CCCCCCC(CCCCC)N(c1ccccc1)c1ccccc1. The van der Waals surface area contributed by atoms with Crippen molar-refractivity contribution in [2.45, 2.75) is 77.7 Å². The van der Waals surface area contributed by atoms with Gasteiger partial charge in [-0.05, 0) is 37.1 Å². The van der Waals surface area contributed by atoms with Crippen molar-refractivity contribution in [1.29, 1.82) is 0 Å². The van der Waals surface area contributed by atoms with Crippen LogP contribution in [0, 0.1) is 0 Å². The highest BCUT2D eigenvalue weighted by atomic mass is 15.2. The summed E-state index contributed by atoms with van der Waals surface area (Å²) in [5.41, 5.74) is 2.65. The van der Waals surface area contributed by atoms with Crippen LogP contribution in [0.1, 0.15) is 71.6 Å². The predicted octanol–water partition coefficient (Wildman–Crippen LogP) is 7.74. The molecule has 2 aromatic rings. The number of anilines is 2. The van der Waals surface area contributed by atoms with Crippen LogP contribution in [0.15, 0.2) is 60.7 Å². The number of unbranched alkanes of at least 4 members (excludes halogenated alkanes) is 5. The molecule has 1 nitrogen and oxygen atoms in total. The maximum Gasteiger partial charge on any atom is 0.0413 e. The van der Waals surface area contributed by atoms with Crippen molar-refractivity contribution in [3.05, 3.63) is 60.7 Å². The summed E-state index contributed by atoms with van der Waals surface area (Å²) in [6, 6.07) is 22.5. The molecule has 136 valence electrons. The summed E-state index contributed by atoms with van der Waals surface area (Å²) >= 11 is 0. The Labute approximate surface area is 155 Å². The van der Waals surface area contributed by atoms with Crippen LogP contribution < -0.4 is 4.90 Å². The van der Waals surface area contributed by atoms with Crippen molar-refractivity contribution in [1.82, 2.24) is 0 Å². The summed E-state index contributed by atoms with van der Waals surface area (Å²) in [5, 5.41) is 0. The lowest BCUT2D eigenvalue weighted by Crippen LogP contribution is -2.31. The van der Waals surface area contributed by atoms with Crippen molar-refractivity contribution >= 4 is 11.4 Å². The normalized spacial score (nSPS) is 12.1. The van der Waals surface area contributed by atoms with E-state index in [1.165, 1.54) is 69.2 Å². The molecule has 25 heavy (non-hydrogen) atoms. The number of para-hydroxylation sites is 2. The van der Waals surface area contributed by atoms with Gasteiger partial charge in [-0.2, -0.15) is 0 Å². The Balaban J connectivity index is 2.21. The monoisotopic (exact) mass is 337 g/mol. The standard InChI is InChI=1S/C24H35N/c1-3-5-7-11-17-22(16-10-6-4-2)25(23-18-12-8-13-19-23)24-20-14-9-15-21-24/h8-9,12-15,18-22H,3-7,10-11,16-17H2,1-2H3. The highest BCUT2D eigenvalue weighted by molar-refractivity contribution is 5.63. The summed E-state index contributed by atoms with van der Waals surface area (Å²) < 4.78 is 0. The summed E-state index contributed by atoms with van der Waals surface area (Å²) in [6.07, 6.45) is 11.9. The van der Waals surface area contributed by atoms with Crippen molar-refractivity contribution < 1.29 is 0 Å². The molecule has 1 heteroatoms. The fourth-order valence-corrected chi connectivity index (χ4v) is 3.59. The third-order valence-corrected chi connectivity index (χ3v) is 4.97. The summed E-state index contributed by atoms with van der Waals surface area (Å²) in [6.45, 7) is 4.58. The van der Waals surface area contributed by atoms with Gasteiger partial charge in [0.15, 0.2) is 0 Å². The quantitative estimate of drug-likeness (QED) is 0.358. The first-order valence-corrected chi connectivity index (χ1v) is 10.3. The molecule has 0 amide bonds. The minimum atomic E-state index is 0.591. The minimum absolute atomic E-state index is 0.591. The molecule has 0 radical (unpaired) electrons. The smallest absolute Gasteiger partial charge is 0.0413 e. The zero-order valence-electron chi connectivity index (χ0n) is 16.2. The Morgan fingerprint density at radius 1 is 0.600 bits per heavy atom. The van der Waals surface area contributed by atoms with Crippen LogP contribution in [0.3, 0.4) is 0 Å². The van der Waals surface area contributed by atoms with E-state index >= 15 is 0 Å². The van der Waals surface area contributed by atoms with E-state index in [-0.39, 0.29) is 0 Å². The van der Waals surface area contributed by atoms with Crippen LogP contribution in [0.2, 0.25) is 0 Å². The first-order valence-electron chi connectivity index (χ1n) is 10.3. The van der Waals surface area contributed by atoms with E-state index in [2.05, 4.69) is 79.4 Å². The minimum Gasteiger partial charge on any atom is -0.338 e. The Kier molecular flexibility index (Phi) is 9.18. The molecule has 1 unspecified atom stereocenters. The van der Waals surface area contributed by atoms with Gasteiger partial charge in [0.1, 0.15) is 0 Å². The molecule has 0 aliphatic carbocycles. The second-order valence-electron chi connectivity index (χ2n) is 7.04. The number of benzene rings is 2. The third kappa shape index (κ3) is 6.57. The van der Waals surface area contributed by atoms with E-state index in [1.54, 1.807) is 0 Å². The van der Waals surface area contributed by atoms with Gasteiger partial charge in [0.2, 0.25) is 0 Å². The largest absolute Gasteiger partial charge is 0.338 e. The summed E-state index contributed by atoms with van der Waals surface area (Å²) in [7, 11) is 0. The fraction of sp³-hybridized carbons (Fsp3) is 0.500. The topological polar surface area (TPSA) is 3.24 Å². The first kappa shape index (κ1) is 19.6. The molecule has 0 saturated carbocycles. The second-order valence-corrected chi connectivity index (χ2v) is 7.04. The predicted molar refractivity (Wildman–Crippen MR) is 112 cm³/mol. The maximum absolute atomic E-state index is 2.58. The van der Waals surface area contributed by atoms with Crippen LogP contribution >= 0.6 is 0 Å². The van der Waals surface area contributed by atoms with E-state index in [0.29, 0.717) is 6.04 Å². The van der Waals surface area contributed by atoms with Crippen molar-refractivity contribution in [2.24, 2.45) is 0 Å². The van der Waals surface area contributed by atoms with E-state index in [9.17, 15) is 0 Å². The Bertz CT molecular complexity index is 509. The van der Waals surface area contributed by atoms with Crippen LogP contribution in [-0.2, 0) is 0 Å². The van der Waals surface area contributed by atoms with Crippen LogP contribution in [0.5, 0.6) is 0 Å². The van der Waals surface area contributed by atoms with E-state index < -0.39 is 0 Å². The molecule has 0 saturated heterocycles. The highest BCUT2D eigenvalue weighted by Crippen LogP contribution is 2.31. The van der Waals surface area contributed by atoms with Crippen molar-refractivity contribution in [2.75, 3.05) is 4.90 Å². The van der Waals surface area contributed by atoms with Gasteiger partial charge in [0, 0.05) is 17.4 Å². The molecule has 0 aliphatic heterocycles. The lowest BCUT2D eigenvalue weighted by molar-refractivity contribution is 0.490. The van der Waals surface area contributed by atoms with Crippen molar-refractivity contribution in [3.63, 3.8) is 0 Å². The first-order chi connectivity index (χ1) is 12.4. The number of hydrogen-bond acceptors (Lipinski definition) is 1. The zero-order chi connectivity index (χ0) is 17.7. The van der Waals surface area contributed by atoms with E-state index in [0.717, 1.165) is 0 Å². The van der Waals surface area contributed by atoms with Gasteiger partial charge >= 0.3 is 0 Å². The number of hydrogen-bond donors (Lipinski definition) is 0. The Hall–Kier alpha value is -1.76. The summed E-state index contributed by atoms with van der Waals surface area (Å²) in [4.78, 5) is 2.58. The van der Waals surface area contributed by atoms with Crippen molar-refractivity contribution in [3.8, 4) is 0 Å². The molecule has 1 atom stereocenters. The molecule has 0 spiro atoms. The molecule has 0 fully saturated rings. The fourth-order valence-electron chi connectivity index (χ4n) is 3.59. The molecule has 2 aromatic carbocycles. The van der Waals surface area contributed by atoms with Gasteiger partial charge in [-0.15, -0.1) is 0 Å². The molecule has 0 aliphatic rings. The van der Waals surface area contributed by atoms with E-state index in [4.69, 9.17) is 0 Å². The molecule has 0 heterocycles. The highest BCUT2D eigenvalue weighted by Gasteiger charge is 2.20. The number of nitrogens with zero attached hydrogens (tertiary/aromatic N) is 1. The average molecular weight is 338 g/mol. The van der Waals surface area contributed by atoms with Crippen LogP contribution in [-0.4, -0.2) is 6.04 Å². The van der Waals surface area contributed by atoms with Crippen LogP contribution in [0.25, 0.3) is 0 Å². The van der Waals surface area contributed by atoms with Gasteiger partial charge in [-0.1, -0.05) is 95.2 Å². The van der Waals surface area contributed by atoms with Gasteiger partial charge in [0.25, 0.3) is 0 Å². The molecular weight excluding hydrogens is 302 g/mol.